The molecule has 0 aliphatic heterocycles. The van der Waals surface area contributed by atoms with Crippen molar-refractivity contribution in [2.45, 2.75) is 0 Å². The zero-order valence-electron chi connectivity index (χ0n) is 13.5. The molecular weight excluding hydrogens is 353 g/mol. The van der Waals surface area contributed by atoms with Gasteiger partial charge in [-0.05, 0) is 48.5 Å². The van der Waals surface area contributed by atoms with Crippen molar-refractivity contribution in [2.24, 2.45) is 0 Å². The van der Waals surface area contributed by atoms with Crippen molar-refractivity contribution in [1.29, 1.82) is 0 Å². The molecule has 0 fully saturated rings. The second-order valence-corrected chi connectivity index (χ2v) is 6.11. The fraction of sp³-hybridized carbons (Fsp3) is 0. The van der Waals surface area contributed by atoms with E-state index < -0.39 is 0 Å². The molecule has 4 aromatic rings. The topological polar surface area (TPSA) is 39.8 Å². The van der Waals surface area contributed by atoms with E-state index >= 15 is 0 Å². The zero-order valence-corrected chi connectivity index (χ0v) is 14.3. The molecule has 0 saturated heterocycles. The number of aromatic nitrogens is 3. The van der Waals surface area contributed by atoms with Crippen molar-refractivity contribution in [1.82, 2.24) is 14.3 Å². The van der Waals surface area contributed by atoms with Crippen molar-refractivity contribution >= 4 is 11.6 Å². The molecule has 0 N–H and O–H groups in total. The number of nitrogens with zero attached hydrogens (tertiary/aromatic N) is 3. The standard InChI is InChI=1S/C20H13ClFN3O/c21-15-6-10-18(11-7-15)25-20(26)24(17-12-8-16(22)9-13-17)19(23-25)14-4-2-1-3-5-14/h1-13H. The second-order valence-electron chi connectivity index (χ2n) is 5.67. The van der Waals surface area contributed by atoms with E-state index in [1.165, 1.54) is 21.4 Å². The quantitative estimate of drug-likeness (QED) is 0.537. The summed E-state index contributed by atoms with van der Waals surface area (Å²) >= 11 is 5.93. The van der Waals surface area contributed by atoms with Crippen LogP contribution >= 0.6 is 11.6 Å². The van der Waals surface area contributed by atoms with Crippen molar-refractivity contribution in [2.75, 3.05) is 0 Å². The highest BCUT2D eigenvalue weighted by Crippen LogP contribution is 2.21. The van der Waals surface area contributed by atoms with Crippen LogP contribution in [0.15, 0.2) is 83.7 Å². The molecular formula is C20H13ClFN3O. The third-order valence-corrected chi connectivity index (χ3v) is 4.22. The Morgan fingerprint density at radius 1 is 0.808 bits per heavy atom. The third kappa shape index (κ3) is 2.93. The Hall–Kier alpha value is -3.18. The fourth-order valence-electron chi connectivity index (χ4n) is 2.71. The minimum absolute atomic E-state index is 0.349. The summed E-state index contributed by atoms with van der Waals surface area (Å²) in [5.74, 6) is 0.102. The summed E-state index contributed by atoms with van der Waals surface area (Å²) in [7, 11) is 0. The predicted octanol–water partition coefficient (Wildman–Crippen LogP) is 4.48. The lowest BCUT2D eigenvalue weighted by Gasteiger charge is -2.05. The molecule has 1 aromatic heterocycles. The maximum absolute atomic E-state index is 13.3. The van der Waals surface area contributed by atoms with E-state index in [2.05, 4.69) is 5.10 Å². The van der Waals surface area contributed by atoms with E-state index in [0.29, 0.717) is 22.2 Å². The minimum atomic E-state index is -0.367. The van der Waals surface area contributed by atoms with Gasteiger partial charge in [-0.25, -0.2) is 13.8 Å². The normalized spacial score (nSPS) is 10.8. The first-order chi connectivity index (χ1) is 12.6. The van der Waals surface area contributed by atoms with Crippen LogP contribution < -0.4 is 5.69 Å². The van der Waals surface area contributed by atoms with Crippen LogP contribution in [-0.2, 0) is 0 Å². The summed E-state index contributed by atoms with van der Waals surface area (Å²) in [6.45, 7) is 0. The second kappa shape index (κ2) is 6.61. The SMILES string of the molecule is O=c1n(-c2ccc(Cl)cc2)nc(-c2ccccc2)n1-c1ccc(F)cc1. The summed E-state index contributed by atoms with van der Waals surface area (Å²) in [6.07, 6.45) is 0. The Kier molecular flexibility index (Phi) is 4.14. The summed E-state index contributed by atoms with van der Waals surface area (Å²) in [6, 6.07) is 21.9. The van der Waals surface area contributed by atoms with Crippen LogP contribution in [0.1, 0.15) is 0 Å². The lowest BCUT2D eigenvalue weighted by molar-refractivity contribution is 0.627. The van der Waals surface area contributed by atoms with Crippen molar-refractivity contribution < 1.29 is 4.39 Å². The summed E-state index contributed by atoms with van der Waals surface area (Å²) < 4.78 is 16.1. The number of halogens is 2. The van der Waals surface area contributed by atoms with Gasteiger partial charge in [0.25, 0.3) is 0 Å². The van der Waals surface area contributed by atoms with Gasteiger partial charge in [-0.2, -0.15) is 4.68 Å². The molecule has 0 spiro atoms. The van der Waals surface area contributed by atoms with Crippen molar-refractivity contribution in [3.63, 3.8) is 0 Å². The smallest absolute Gasteiger partial charge is 0.245 e. The molecule has 6 heteroatoms. The third-order valence-electron chi connectivity index (χ3n) is 3.97. The van der Waals surface area contributed by atoms with E-state index in [-0.39, 0.29) is 11.5 Å². The van der Waals surface area contributed by atoms with Gasteiger partial charge in [0.2, 0.25) is 0 Å². The molecule has 4 rings (SSSR count). The van der Waals surface area contributed by atoms with Crippen LogP contribution in [-0.4, -0.2) is 14.3 Å². The van der Waals surface area contributed by atoms with Gasteiger partial charge >= 0.3 is 5.69 Å². The van der Waals surface area contributed by atoms with Crippen molar-refractivity contribution in [3.05, 3.63) is 100 Å². The summed E-state index contributed by atoms with van der Waals surface area (Å²) in [5, 5.41) is 5.08. The molecule has 0 unspecified atom stereocenters. The molecule has 3 aromatic carbocycles. The monoisotopic (exact) mass is 365 g/mol. The van der Waals surface area contributed by atoms with Gasteiger partial charge in [0.15, 0.2) is 5.82 Å². The van der Waals surface area contributed by atoms with Crippen LogP contribution in [0, 0.1) is 5.82 Å². The Bertz CT molecular complexity index is 1100. The van der Waals surface area contributed by atoms with Crippen LogP contribution in [0.4, 0.5) is 4.39 Å². The van der Waals surface area contributed by atoms with Gasteiger partial charge < -0.3 is 0 Å². The Balaban J connectivity index is 1.97. The maximum Gasteiger partial charge on any atom is 0.355 e. The summed E-state index contributed by atoms with van der Waals surface area (Å²) in [5.41, 5.74) is 1.56. The number of hydrogen-bond donors (Lipinski definition) is 0. The molecule has 0 aliphatic rings. The fourth-order valence-corrected chi connectivity index (χ4v) is 2.84. The maximum atomic E-state index is 13.3. The predicted molar refractivity (Wildman–Crippen MR) is 99.6 cm³/mol. The average molecular weight is 366 g/mol. The Morgan fingerprint density at radius 2 is 1.42 bits per heavy atom. The van der Waals surface area contributed by atoms with Crippen LogP contribution in [0.3, 0.4) is 0 Å². The van der Waals surface area contributed by atoms with E-state index in [9.17, 15) is 9.18 Å². The van der Waals surface area contributed by atoms with Gasteiger partial charge in [-0.1, -0.05) is 41.9 Å². The molecule has 4 nitrogen and oxygen atoms in total. The van der Waals surface area contributed by atoms with Gasteiger partial charge in [0.05, 0.1) is 11.4 Å². The van der Waals surface area contributed by atoms with E-state index in [0.717, 1.165) is 5.56 Å². The largest absolute Gasteiger partial charge is 0.355 e. The van der Waals surface area contributed by atoms with Gasteiger partial charge in [0, 0.05) is 10.6 Å². The zero-order chi connectivity index (χ0) is 18.1. The number of hydrogen-bond acceptors (Lipinski definition) is 2. The molecule has 26 heavy (non-hydrogen) atoms. The highest BCUT2D eigenvalue weighted by Gasteiger charge is 2.17. The number of rotatable bonds is 3. The highest BCUT2D eigenvalue weighted by atomic mass is 35.5. The molecule has 1 heterocycles. The molecule has 0 radical (unpaired) electrons. The minimum Gasteiger partial charge on any atom is -0.245 e. The Morgan fingerprint density at radius 3 is 2.08 bits per heavy atom. The van der Waals surface area contributed by atoms with Gasteiger partial charge in [0.1, 0.15) is 5.82 Å². The van der Waals surface area contributed by atoms with Gasteiger partial charge in [-0.15, -0.1) is 5.10 Å². The first-order valence-corrected chi connectivity index (χ1v) is 8.31. The molecule has 0 saturated carbocycles. The lowest BCUT2D eigenvalue weighted by atomic mass is 10.2. The first kappa shape index (κ1) is 16.3. The molecule has 0 aliphatic carbocycles. The average Bonchev–Trinajstić information content (AvgIpc) is 3.01. The van der Waals surface area contributed by atoms with Crippen LogP contribution in [0.5, 0.6) is 0 Å². The van der Waals surface area contributed by atoms with Gasteiger partial charge in [-0.3, -0.25) is 0 Å². The lowest BCUT2D eigenvalue weighted by Crippen LogP contribution is -2.22. The van der Waals surface area contributed by atoms with E-state index in [1.54, 1.807) is 36.4 Å². The number of benzene rings is 3. The molecule has 128 valence electrons. The molecule has 0 atom stereocenters. The van der Waals surface area contributed by atoms with E-state index in [4.69, 9.17) is 11.6 Å². The van der Waals surface area contributed by atoms with Crippen LogP contribution in [0.2, 0.25) is 5.02 Å². The van der Waals surface area contributed by atoms with Crippen molar-refractivity contribution in [3.8, 4) is 22.8 Å². The highest BCUT2D eigenvalue weighted by molar-refractivity contribution is 6.30. The van der Waals surface area contributed by atoms with Crippen LogP contribution in [0.25, 0.3) is 22.8 Å². The Labute approximate surface area is 153 Å². The van der Waals surface area contributed by atoms with E-state index in [1.807, 2.05) is 30.3 Å². The first-order valence-electron chi connectivity index (χ1n) is 7.93. The molecule has 0 amide bonds. The molecule has 0 bridgehead atoms. The summed E-state index contributed by atoms with van der Waals surface area (Å²) in [4.78, 5) is 13.1.